The molecular formula is C28H28N2O6S. The predicted molar refractivity (Wildman–Crippen MR) is 141 cm³/mol. The summed E-state index contributed by atoms with van der Waals surface area (Å²) in [6.07, 6.45) is 0.852. The molecule has 0 aliphatic carbocycles. The summed E-state index contributed by atoms with van der Waals surface area (Å²) in [5, 5.41) is 11.4. The topological polar surface area (TPSA) is 106 Å². The minimum absolute atomic E-state index is 0.0541. The average Bonchev–Trinajstić information content (AvgIpc) is 3.40. The minimum Gasteiger partial charge on any atom is -0.507 e. The van der Waals surface area contributed by atoms with E-state index in [9.17, 15) is 19.5 Å². The van der Waals surface area contributed by atoms with Crippen LogP contribution in [0.1, 0.15) is 58.4 Å². The van der Waals surface area contributed by atoms with Gasteiger partial charge in [0.05, 0.1) is 30.5 Å². The molecule has 1 N–H and O–H groups in total. The summed E-state index contributed by atoms with van der Waals surface area (Å²) in [4.78, 5) is 45.1. The van der Waals surface area contributed by atoms with Crippen molar-refractivity contribution in [2.45, 2.75) is 40.2 Å². The normalized spacial score (nSPS) is 16.8. The van der Waals surface area contributed by atoms with Crippen LogP contribution in [-0.4, -0.2) is 41.0 Å². The van der Waals surface area contributed by atoms with Gasteiger partial charge in [-0.1, -0.05) is 60.2 Å². The molecule has 1 amide bonds. The molecule has 2 heterocycles. The molecule has 8 nitrogen and oxygen atoms in total. The number of hydrogen-bond donors (Lipinski definition) is 1. The molecule has 37 heavy (non-hydrogen) atoms. The Hall–Kier alpha value is -3.98. The van der Waals surface area contributed by atoms with E-state index >= 15 is 0 Å². The molecule has 1 fully saturated rings. The number of carbonyl (C=O) groups excluding carboxylic acids is 3. The largest absolute Gasteiger partial charge is 0.507 e. The first-order chi connectivity index (χ1) is 17.8. The van der Waals surface area contributed by atoms with Gasteiger partial charge in [-0.15, -0.1) is 0 Å². The number of aryl methyl sites for hydroxylation is 2. The summed E-state index contributed by atoms with van der Waals surface area (Å²) in [6, 6.07) is 13.1. The maximum absolute atomic E-state index is 13.4. The van der Waals surface area contributed by atoms with Gasteiger partial charge >= 0.3 is 11.9 Å². The molecule has 2 aromatic carbocycles. The van der Waals surface area contributed by atoms with Crippen LogP contribution in [0.4, 0.5) is 5.13 Å². The number of hydrogen-bond acceptors (Lipinski definition) is 8. The first-order valence-corrected chi connectivity index (χ1v) is 12.8. The standard InChI is InChI=1S/C28H28N2O6S/c1-5-15-36-20-13-11-18(12-14-20)22-21(23(31)19-9-7-16(3)8-10-19)24(32)26(33)30(22)28-29-17(4)25(37-28)27(34)35-6-2/h7-14,22,31H,5-6,15H2,1-4H3/t22-/m1/s1. The van der Waals surface area contributed by atoms with E-state index in [4.69, 9.17) is 9.47 Å². The smallest absolute Gasteiger partial charge is 0.350 e. The number of aliphatic hydroxyl groups excluding tert-OH is 1. The average molecular weight is 521 g/mol. The number of Topliss-reactive ketones (excluding diaryl/α,β-unsaturated/α-hetero) is 1. The quantitative estimate of drug-likeness (QED) is 0.185. The monoisotopic (exact) mass is 520 g/mol. The molecule has 1 saturated heterocycles. The lowest BCUT2D eigenvalue weighted by atomic mass is 9.95. The SMILES string of the molecule is CCCOc1ccc([C@@H]2C(=C(O)c3ccc(C)cc3)C(=O)C(=O)N2c2nc(C)c(C(=O)OCC)s2)cc1. The summed E-state index contributed by atoms with van der Waals surface area (Å²) in [7, 11) is 0. The van der Waals surface area contributed by atoms with Gasteiger partial charge in [0, 0.05) is 5.56 Å². The summed E-state index contributed by atoms with van der Waals surface area (Å²) in [5.41, 5.74) is 2.32. The zero-order valence-electron chi connectivity index (χ0n) is 21.1. The Morgan fingerprint density at radius 3 is 2.35 bits per heavy atom. The Morgan fingerprint density at radius 1 is 1.05 bits per heavy atom. The van der Waals surface area contributed by atoms with Crippen LogP contribution in [0, 0.1) is 13.8 Å². The van der Waals surface area contributed by atoms with Crippen LogP contribution in [0.3, 0.4) is 0 Å². The van der Waals surface area contributed by atoms with Crippen molar-refractivity contribution in [2.75, 3.05) is 18.1 Å². The number of ketones is 1. The molecule has 0 bridgehead atoms. The zero-order chi connectivity index (χ0) is 26.7. The molecule has 1 aromatic heterocycles. The molecule has 3 aromatic rings. The number of nitrogens with zero attached hydrogens (tertiary/aromatic N) is 2. The van der Waals surface area contributed by atoms with Crippen LogP contribution >= 0.6 is 11.3 Å². The number of amides is 1. The highest BCUT2D eigenvalue weighted by Crippen LogP contribution is 2.44. The van der Waals surface area contributed by atoms with Crippen molar-refractivity contribution in [1.82, 2.24) is 4.98 Å². The fourth-order valence-electron chi connectivity index (χ4n) is 4.05. The second kappa shape index (κ2) is 11.0. The van der Waals surface area contributed by atoms with E-state index in [0.717, 1.165) is 23.3 Å². The third-order valence-corrected chi connectivity index (χ3v) is 7.03. The van der Waals surface area contributed by atoms with Crippen molar-refractivity contribution in [2.24, 2.45) is 0 Å². The summed E-state index contributed by atoms with van der Waals surface area (Å²) in [6.45, 7) is 8.01. The number of anilines is 1. The van der Waals surface area contributed by atoms with Crippen molar-refractivity contribution in [3.63, 3.8) is 0 Å². The number of benzene rings is 2. The molecule has 9 heteroatoms. The molecule has 0 unspecified atom stereocenters. The van der Waals surface area contributed by atoms with E-state index in [1.165, 1.54) is 4.90 Å². The van der Waals surface area contributed by atoms with Crippen LogP contribution in [0.2, 0.25) is 0 Å². The van der Waals surface area contributed by atoms with Crippen LogP contribution in [-0.2, 0) is 14.3 Å². The molecule has 1 aliphatic rings. The van der Waals surface area contributed by atoms with Gasteiger partial charge in [0.15, 0.2) is 5.13 Å². The van der Waals surface area contributed by atoms with E-state index in [2.05, 4.69) is 4.98 Å². The summed E-state index contributed by atoms with van der Waals surface area (Å²) < 4.78 is 10.8. The number of esters is 1. The molecule has 1 aliphatic heterocycles. The number of rotatable bonds is 8. The molecule has 0 spiro atoms. The maximum atomic E-state index is 13.4. The molecule has 0 radical (unpaired) electrons. The predicted octanol–water partition coefficient (Wildman–Crippen LogP) is 5.35. The molecule has 192 valence electrons. The van der Waals surface area contributed by atoms with Crippen LogP contribution < -0.4 is 9.64 Å². The van der Waals surface area contributed by atoms with E-state index in [1.807, 2.05) is 26.0 Å². The van der Waals surface area contributed by atoms with Gasteiger partial charge < -0.3 is 14.6 Å². The molecule has 4 rings (SSSR count). The second-order valence-corrected chi connectivity index (χ2v) is 9.56. The highest BCUT2D eigenvalue weighted by Gasteiger charge is 2.48. The third kappa shape index (κ3) is 5.13. The van der Waals surface area contributed by atoms with Gasteiger partial charge in [-0.05, 0) is 44.9 Å². The lowest BCUT2D eigenvalue weighted by Crippen LogP contribution is -2.29. The molecular weight excluding hydrogens is 492 g/mol. The summed E-state index contributed by atoms with van der Waals surface area (Å²) in [5.74, 6) is -1.85. The Morgan fingerprint density at radius 2 is 1.73 bits per heavy atom. The van der Waals surface area contributed by atoms with Crippen molar-refractivity contribution in [3.8, 4) is 5.75 Å². The van der Waals surface area contributed by atoms with Crippen LogP contribution in [0.25, 0.3) is 5.76 Å². The first-order valence-electron chi connectivity index (χ1n) is 12.0. The van der Waals surface area contributed by atoms with E-state index in [1.54, 1.807) is 50.2 Å². The zero-order valence-corrected chi connectivity index (χ0v) is 21.9. The fourth-order valence-corrected chi connectivity index (χ4v) is 5.04. The number of aromatic nitrogens is 1. The number of ether oxygens (including phenoxy) is 2. The molecule has 1 atom stereocenters. The lowest BCUT2D eigenvalue weighted by Gasteiger charge is -2.23. The van der Waals surface area contributed by atoms with Gasteiger partial charge in [0.1, 0.15) is 16.4 Å². The Labute approximate surface area is 219 Å². The number of thiazole rings is 1. The van der Waals surface area contributed by atoms with Crippen molar-refractivity contribution < 1.29 is 29.0 Å². The van der Waals surface area contributed by atoms with E-state index < -0.39 is 23.7 Å². The maximum Gasteiger partial charge on any atom is 0.350 e. The van der Waals surface area contributed by atoms with Crippen LogP contribution in [0.15, 0.2) is 54.1 Å². The third-order valence-electron chi connectivity index (χ3n) is 5.89. The highest BCUT2D eigenvalue weighted by atomic mass is 32.1. The Kier molecular flexibility index (Phi) is 7.73. The Bertz CT molecular complexity index is 1360. The van der Waals surface area contributed by atoms with Crippen molar-refractivity contribution in [3.05, 3.63) is 81.4 Å². The van der Waals surface area contributed by atoms with Gasteiger partial charge in [-0.2, -0.15) is 0 Å². The van der Waals surface area contributed by atoms with Crippen molar-refractivity contribution >= 4 is 39.9 Å². The number of carbonyl (C=O) groups is 3. The minimum atomic E-state index is -0.956. The van der Waals surface area contributed by atoms with E-state index in [0.29, 0.717) is 29.2 Å². The summed E-state index contributed by atoms with van der Waals surface area (Å²) >= 11 is 0.973. The van der Waals surface area contributed by atoms with Gasteiger partial charge in [0.25, 0.3) is 5.78 Å². The van der Waals surface area contributed by atoms with Gasteiger partial charge in [-0.3, -0.25) is 14.5 Å². The first kappa shape index (κ1) is 26.1. The van der Waals surface area contributed by atoms with E-state index in [-0.39, 0.29) is 27.9 Å². The lowest BCUT2D eigenvalue weighted by molar-refractivity contribution is -0.132. The molecule has 0 saturated carbocycles. The number of aliphatic hydroxyl groups is 1. The second-order valence-electron chi connectivity index (χ2n) is 8.58. The highest BCUT2D eigenvalue weighted by molar-refractivity contribution is 7.17. The fraction of sp³-hybridized carbons (Fsp3) is 0.286. The van der Waals surface area contributed by atoms with Gasteiger partial charge in [0.2, 0.25) is 0 Å². The van der Waals surface area contributed by atoms with Crippen LogP contribution in [0.5, 0.6) is 5.75 Å². The van der Waals surface area contributed by atoms with Gasteiger partial charge in [-0.25, -0.2) is 9.78 Å². The Balaban J connectivity index is 1.86. The van der Waals surface area contributed by atoms with Crippen molar-refractivity contribution in [1.29, 1.82) is 0 Å².